The first-order valence-electron chi connectivity index (χ1n) is 6.10. The molecule has 114 valence electrons. The molecule has 0 aliphatic carbocycles. The molecule has 1 aromatic carbocycles. The third-order valence-corrected chi connectivity index (χ3v) is 2.19. The van der Waals surface area contributed by atoms with Gasteiger partial charge in [-0.15, -0.1) is 24.0 Å². The van der Waals surface area contributed by atoms with Gasteiger partial charge in [0.05, 0.1) is 6.54 Å². The molecule has 0 heterocycles. The molecule has 20 heavy (non-hydrogen) atoms. The van der Waals surface area contributed by atoms with Crippen LogP contribution in [0.1, 0.15) is 13.8 Å². The Morgan fingerprint density at radius 2 is 2.10 bits per heavy atom. The van der Waals surface area contributed by atoms with Crippen molar-refractivity contribution in [3.05, 3.63) is 29.8 Å². The average molecular weight is 399 g/mol. The van der Waals surface area contributed by atoms with Gasteiger partial charge in [-0.1, -0.05) is 13.8 Å². The Morgan fingerprint density at radius 1 is 1.40 bits per heavy atom. The van der Waals surface area contributed by atoms with E-state index >= 15 is 0 Å². The van der Waals surface area contributed by atoms with E-state index in [-0.39, 0.29) is 36.3 Å². The maximum absolute atomic E-state index is 13.2. The van der Waals surface area contributed by atoms with E-state index in [0.29, 0.717) is 25.0 Å². The van der Waals surface area contributed by atoms with Gasteiger partial charge in [0, 0.05) is 12.6 Å². The maximum Gasteiger partial charge on any atom is 0.188 e. The number of halogens is 3. The van der Waals surface area contributed by atoms with Crippen LogP contribution in [0.2, 0.25) is 0 Å². The second-order valence-electron chi connectivity index (χ2n) is 4.47. The van der Waals surface area contributed by atoms with E-state index < -0.39 is 11.6 Å². The van der Waals surface area contributed by atoms with Gasteiger partial charge in [-0.3, -0.25) is 4.99 Å². The van der Waals surface area contributed by atoms with Gasteiger partial charge in [0.25, 0.3) is 0 Å². The number of nitrogens with zero attached hydrogens (tertiary/aromatic N) is 1. The van der Waals surface area contributed by atoms with Crippen molar-refractivity contribution in [2.45, 2.75) is 13.8 Å². The third-order valence-electron chi connectivity index (χ3n) is 2.19. The summed E-state index contributed by atoms with van der Waals surface area (Å²) in [6, 6.07) is 3.17. The third kappa shape index (κ3) is 7.46. The Labute approximate surface area is 134 Å². The zero-order valence-corrected chi connectivity index (χ0v) is 13.9. The molecular formula is C13H20F2IN3O. The zero-order valence-electron chi connectivity index (χ0n) is 11.5. The first-order chi connectivity index (χ1) is 8.99. The van der Waals surface area contributed by atoms with Crippen molar-refractivity contribution < 1.29 is 13.5 Å². The largest absolute Gasteiger partial charge is 0.489 e. The lowest BCUT2D eigenvalue weighted by atomic mass is 10.2. The fraction of sp³-hybridized carbons (Fsp3) is 0.462. The Hall–Kier alpha value is -1.12. The molecule has 0 bridgehead atoms. The molecule has 0 unspecified atom stereocenters. The van der Waals surface area contributed by atoms with Gasteiger partial charge in [-0.25, -0.2) is 8.78 Å². The summed E-state index contributed by atoms with van der Waals surface area (Å²) in [5.41, 5.74) is 5.61. The van der Waals surface area contributed by atoms with Gasteiger partial charge >= 0.3 is 0 Å². The van der Waals surface area contributed by atoms with Crippen LogP contribution in [0.4, 0.5) is 8.78 Å². The molecular weight excluding hydrogens is 379 g/mol. The van der Waals surface area contributed by atoms with Crippen molar-refractivity contribution in [3.63, 3.8) is 0 Å². The van der Waals surface area contributed by atoms with E-state index in [1.807, 2.05) is 13.8 Å². The number of nitrogens with one attached hydrogen (secondary N) is 1. The molecule has 0 atom stereocenters. The van der Waals surface area contributed by atoms with Crippen molar-refractivity contribution >= 4 is 29.9 Å². The second-order valence-corrected chi connectivity index (χ2v) is 4.47. The Kier molecular flexibility index (Phi) is 9.19. The van der Waals surface area contributed by atoms with Crippen molar-refractivity contribution in [3.8, 4) is 5.75 Å². The minimum atomic E-state index is -0.721. The fourth-order valence-corrected chi connectivity index (χ4v) is 1.27. The average Bonchev–Trinajstić information content (AvgIpc) is 2.34. The van der Waals surface area contributed by atoms with Crippen LogP contribution in [-0.4, -0.2) is 25.7 Å². The lowest BCUT2D eigenvalue weighted by molar-refractivity contribution is 0.305. The summed E-state index contributed by atoms with van der Waals surface area (Å²) in [4.78, 5) is 4.10. The van der Waals surface area contributed by atoms with Crippen LogP contribution in [-0.2, 0) is 0 Å². The molecule has 1 aromatic rings. The number of hydrogen-bond acceptors (Lipinski definition) is 2. The van der Waals surface area contributed by atoms with Crippen molar-refractivity contribution in [1.82, 2.24) is 5.32 Å². The highest BCUT2D eigenvalue weighted by Crippen LogP contribution is 2.17. The monoisotopic (exact) mass is 399 g/mol. The first-order valence-corrected chi connectivity index (χ1v) is 6.10. The number of nitrogens with two attached hydrogens (primary N) is 1. The molecule has 0 amide bonds. The van der Waals surface area contributed by atoms with Gasteiger partial charge < -0.3 is 15.8 Å². The van der Waals surface area contributed by atoms with E-state index in [9.17, 15) is 8.78 Å². The quantitative estimate of drug-likeness (QED) is 0.335. The molecule has 0 aliphatic heterocycles. The van der Waals surface area contributed by atoms with Crippen molar-refractivity contribution in [1.29, 1.82) is 0 Å². The molecule has 0 saturated heterocycles. The van der Waals surface area contributed by atoms with Gasteiger partial charge in [0.1, 0.15) is 12.4 Å². The molecule has 3 N–H and O–H groups in total. The van der Waals surface area contributed by atoms with E-state index in [2.05, 4.69) is 10.3 Å². The van der Waals surface area contributed by atoms with Gasteiger partial charge in [-0.05, 0) is 18.1 Å². The minimum Gasteiger partial charge on any atom is -0.489 e. The van der Waals surface area contributed by atoms with Crippen LogP contribution in [0.15, 0.2) is 23.2 Å². The summed E-state index contributed by atoms with van der Waals surface area (Å²) in [6.07, 6.45) is 0. The number of rotatable bonds is 6. The molecule has 0 aromatic heterocycles. The normalized spacial score (nSPS) is 11.2. The maximum atomic E-state index is 13.2. The topological polar surface area (TPSA) is 59.6 Å². The van der Waals surface area contributed by atoms with Crippen molar-refractivity contribution in [2.75, 3.05) is 19.7 Å². The van der Waals surface area contributed by atoms with Crippen LogP contribution in [0.3, 0.4) is 0 Å². The standard InChI is InChI=1S/C13H19F2N3O.HI/c1-9(2)8-18-13(16)17-5-6-19-12-4-3-10(14)7-11(12)15;/h3-4,7,9H,5-6,8H2,1-2H3,(H3,16,17,18);1H. The number of hydrogen-bond donors (Lipinski definition) is 2. The van der Waals surface area contributed by atoms with Crippen molar-refractivity contribution in [2.24, 2.45) is 16.6 Å². The van der Waals surface area contributed by atoms with Gasteiger partial charge in [-0.2, -0.15) is 0 Å². The minimum absolute atomic E-state index is 0. The number of benzene rings is 1. The van der Waals surface area contributed by atoms with E-state index in [4.69, 9.17) is 10.5 Å². The molecule has 0 radical (unpaired) electrons. The van der Waals surface area contributed by atoms with E-state index in [1.165, 1.54) is 6.07 Å². The SMILES string of the molecule is CC(C)CN=C(N)NCCOc1ccc(F)cc1F.I. The first kappa shape index (κ1) is 18.9. The second kappa shape index (κ2) is 9.73. The number of guanidine groups is 1. The molecule has 4 nitrogen and oxygen atoms in total. The molecule has 0 fully saturated rings. The molecule has 7 heteroatoms. The molecule has 0 spiro atoms. The lowest BCUT2D eigenvalue weighted by Gasteiger charge is -2.09. The summed E-state index contributed by atoms with van der Waals surface area (Å²) in [6.45, 7) is 5.32. The summed E-state index contributed by atoms with van der Waals surface area (Å²) in [5, 5.41) is 2.85. The smallest absolute Gasteiger partial charge is 0.188 e. The highest BCUT2D eigenvalue weighted by atomic mass is 127. The Balaban J connectivity index is 0.00000361. The molecule has 0 saturated carbocycles. The zero-order chi connectivity index (χ0) is 14.3. The highest BCUT2D eigenvalue weighted by molar-refractivity contribution is 14.0. The Bertz CT molecular complexity index is 442. The summed E-state index contributed by atoms with van der Waals surface area (Å²) in [5.74, 6) is -0.572. The van der Waals surface area contributed by atoms with E-state index in [1.54, 1.807) is 0 Å². The predicted octanol–water partition coefficient (Wildman–Crippen LogP) is 2.52. The van der Waals surface area contributed by atoms with Crippen LogP contribution in [0.25, 0.3) is 0 Å². The van der Waals surface area contributed by atoms with E-state index in [0.717, 1.165) is 12.1 Å². The van der Waals surface area contributed by atoms with Gasteiger partial charge in [0.15, 0.2) is 17.5 Å². The summed E-state index contributed by atoms with van der Waals surface area (Å²) in [7, 11) is 0. The lowest BCUT2D eigenvalue weighted by Crippen LogP contribution is -2.35. The predicted molar refractivity (Wildman–Crippen MR) is 86.6 cm³/mol. The summed E-state index contributed by atoms with van der Waals surface area (Å²) < 4.78 is 31.0. The Morgan fingerprint density at radius 3 is 2.70 bits per heavy atom. The van der Waals surface area contributed by atoms with Crippen LogP contribution in [0.5, 0.6) is 5.75 Å². The fourth-order valence-electron chi connectivity index (χ4n) is 1.27. The molecule has 0 aliphatic rings. The summed E-state index contributed by atoms with van der Waals surface area (Å²) >= 11 is 0. The van der Waals surface area contributed by atoms with Crippen LogP contribution < -0.4 is 15.8 Å². The number of aliphatic imine (C=N–C) groups is 1. The number of ether oxygens (including phenoxy) is 1. The van der Waals surface area contributed by atoms with Gasteiger partial charge in [0.2, 0.25) is 0 Å². The molecule has 1 rings (SSSR count). The highest BCUT2D eigenvalue weighted by Gasteiger charge is 2.04. The van der Waals surface area contributed by atoms with Crippen LogP contribution in [0, 0.1) is 17.6 Å². The van der Waals surface area contributed by atoms with Crippen LogP contribution >= 0.6 is 24.0 Å².